The maximum Gasteiger partial charge on any atom is 0.322 e. The van der Waals surface area contributed by atoms with Gasteiger partial charge in [-0.2, -0.15) is 0 Å². The Hall–Kier alpha value is -2.63. The maximum absolute atomic E-state index is 12.7. The molecule has 300 valence electrons. The average molecular weight is 728 g/mol. The van der Waals surface area contributed by atoms with Gasteiger partial charge in [-0.15, -0.1) is 0 Å². The number of hydrogen-bond donors (Lipinski definition) is 2. The summed E-state index contributed by atoms with van der Waals surface area (Å²) in [6, 6.07) is 0. The van der Waals surface area contributed by atoms with Crippen molar-refractivity contribution in [2.75, 3.05) is 6.54 Å². The number of esters is 1. The van der Waals surface area contributed by atoms with Crippen molar-refractivity contribution in [3.05, 3.63) is 48.6 Å². The highest BCUT2D eigenvalue weighted by atomic mass is 16.5. The summed E-state index contributed by atoms with van der Waals surface area (Å²) in [5.74, 6) is -1.29. The van der Waals surface area contributed by atoms with Crippen molar-refractivity contribution in [2.45, 2.75) is 219 Å². The van der Waals surface area contributed by atoms with Gasteiger partial charge < -0.3 is 15.2 Å². The minimum Gasteiger partial charge on any atom is -0.480 e. The molecule has 0 aliphatic carbocycles. The van der Waals surface area contributed by atoms with Gasteiger partial charge in [0.1, 0.15) is 12.6 Å². The average Bonchev–Trinajstić information content (AvgIpc) is 3.13. The molecule has 1 amide bonds. The van der Waals surface area contributed by atoms with Gasteiger partial charge in [-0.05, 0) is 83.1 Å². The summed E-state index contributed by atoms with van der Waals surface area (Å²) in [5, 5.41) is 11.0. The molecular formula is C46H81NO5. The van der Waals surface area contributed by atoms with Crippen LogP contribution >= 0.6 is 0 Å². The Balaban J connectivity index is 4.05. The van der Waals surface area contributed by atoms with Crippen LogP contribution in [-0.2, 0) is 19.1 Å². The number of amides is 1. The van der Waals surface area contributed by atoms with Gasteiger partial charge in [0.05, 0.1) is 0 Å². The van der Waals surface area contributed by atoms with Gasteiger partial charge in [0.15, 0.2) is 0 Å². The highest BCUT2D eigenvalue weighted by Crippen LogP contribution is 2.16. The van der Waals surface area contributed by atoms with E-state index >= 15 is 0 Å². The first kappa shape index (κ1) is 49.4. The monoisotopic (exact) mass is 728 g/mol. The van der Waals surface area contributed by atoms with Crippen LogP contribution in [0.1, 0.15) is 213 Å². The zero-order valence-corrected chi connectivity index (χ0v) is 33.9. The summed E-state index contributed by atoms with van der Waals surface area (Å²) < 4.78 is 5.92. The van der Waals surface area contributed by atoms with Crippen LogP contribution in [-0.4, -0.2) is 35.6 Å². The minimum absolute atomic E-state index is 0.0752. The molecule has 6 nitrogen and oxygen atoms in total. The van der Waals surface area contributed by atoms with E-state index in [0.717, 1.165) is 77.0 Å². The summed E-state index contributed by atoms with van der Waals surface area (Å²) in [6.07, 6.45) is 52.6. The molecule has 0 bridgehead atoms. The highest BCUT2D eigenvalue weighted by molar-refractivity contribution is 5.80. The van der Waals surface area contributed by atoms with Crippen LogP contribution in [0.2, 0.25) is 0 Å². The molecule has 0 radical (unpaired) electrons. The molecule has 0 aromatic heterocycles. The van der Waals surface area contributed by atoms with Crippen molar-refractivity contribution in [2.24, 2.45) is 0 Å². The van der Waals surface area contributed by atoms with Gasteiger partial charge >= 0.3 is 11.9 Å². The van der Waals surface area contributed by atoms with E-state index in [2.05, 4.69) is 67.8 Å². The van der Waals surface area contributed by atoms with E-state index in [1.54, 1.807) is 0 Å². The number of hydrogen-bond acceptors (Lipinski definition) is 4. The normalized spacial score (nSPS) is 12.5. The smallest absolute Gasteiger partial charge is 0.322 e. The zero-order valence-electron chi connectivity index (χ0n) is 33.9. The van der Waals surface area contributed by atoms with Crippen molar-refractivity contribution in [1.29, 1.82) is 0 Å². The molecule has 0 heterocycles. The molecule has 6 heteroatoms. The first-order chi connectivity index (χ1) is 25.5. The number of carboxylic acids is 1. The number of carbonyl (C=O) groups excluding carboxylic acids is 2. The third kappa shape index (κ3) is 40.1. The van der Waals surface area contributed by atoms with Crippen molar-refractivity contribution >= 4 is 17.8 Å². The van der Waals surface area contributed by atoms with E-state index < -0.39 is 5.97 Å². The summed E-state index contributed by atoms with van der Waals surface area (Å²) in [5.41, 5.74) is 0. The van der Waals surface area contributed by atoms with E-state index in [1.807, 2.05) is 0 Å². The second-order valence-corrected chi connectivity index (χ2v) is 14.6. The lowest BCUT2D eigenvalue weighted by atomic mass is 10.0. The summed E-state index contributed by atoms with van der Waals surface area (Å²) in [7, 11) is 0. The van der Waals surface area contributed by atoms with Crippen LogP contribution in [0, 0.1) is 0 Å². The van der Waals surface area contributed by atoms with Crippen LogP contribution in [0.5, 0.6) is 0 Å². The molecule has 0 spiro atoms. The predicted molar refractivity (Wildman–Crippen MR) is 222 cm³/mol. The van der Waals surface area contributed by atoms with Gasteiger partial charge in [0.25, 0.3) is 0 Å². The molecule has 1 unspecified atom stereocenters. The second-order valence-electron chi connectivity index (χ2n) is 14.6. The molecule has 0 rings (SSSR count). The molecule has 52 heavy (non-hydrogen) atoms. The van der Waals surface area contributed by atoms with Crippen LogP contribution in [0.25, 0.3) is 0 Å². The van der Waals surface area contributed by atoms with E-state index in [4.69, 9.17) is 9.84 Å². The fraction of sp³-hybridized carbons (Fsp3) is 0.761. The van der Waals surface area contributed by atoms with Crippen molar-refractivity contribution < 1.29 is 24.2 Å². The van der Waals surface area contributed by atoms with Crippen molar-refractivity contribution in [3.63, 3.8) is 0 Å². The van der Waals surface area contributed by atoms with Crippen LogP contribution in [0.15, 0.2) is 48.6 Å². The van der Waals surface area contributed by atoms with E-state index in [1.165, 1.54) is 109 Å². The van der Waals surface area contributed by atoms with Gasteiger partial charge in [-0.25, -0.2) is 0 Å². The maximum atomic E-state index is 12.7. The van der Waals surface area contributed by atoms with Gasteiger partial charge in [-0.1, -0.05) is 166 Å². The van der Waals surface area contributed by atoms with Gasteiger partial charge in [0.2, 0.25) is 5.91 Å². The molecule has 0 fully saturated rings. The number of aliphatic carboxylic acids is 1. The van der Waals surface area contributed by atoms with E-state index in [0.29, 0.717) is 12.8 Å². The molecule has 0 saturated carbocycles. The highest BCUT2D eigenvalue weighted by Gasteiger charge is 2.11. The number of carbonyl (C=O) groups is 3. The standard InChI is InChI=1S/C46H81NO5/c1-3-5-7-9-11-13-14-15-16-17-18-19-20-21-22-23-24-25-27-33-37-41-46(51)52-43(38-34-30-26-12-10-8-6-4-2)39-35-31-28-29-32-36-40-44(48)47-42-45(49)50/h12,14-15,17-18,26,34,38,43H,3-11,13,16,19-25,27-33,35-37,39-42H2,1-2H3,(H,47,48)(H,49,50)/b15-14-,18-17-,26-12-,38-34-. The quantitative estimate of drug-likeness (QED) is 0.0373. The van der Waals surface area contributed by atoms with E-state index in [-0.39, 0.29) is 24.5 Å². The molecule has 0 saturated heterocycles. The Kier molecular flexibility index (Phi) is 39.1. The molecule has 0 aliphatic heterocycles. The Morgan fingerprint density at radius 3 is 1.48 bits per heavy atom. The number of unbranched alkanes of at least 4 members (excludes halogenated alkanes) is 22. The molecule has 0 aliphatic rings. The summed E-state index contributed by atoms with van der Waals surface area (Å²) >= 11 is 0. The molecule has 2 N–H and O–H groups in total. The lowest BCUT2D eigenvalue weighted by Crippen LogP contribution is -2.28. The summed E-state index contributed by atoms with van der Waals surface area (Å²) in [6.45, 7) is 4.18. The fourth-order valence-corrected chi connectivity index (χ4v) is 6.20. The fourth-order valence-electron chi connectivity index (χ4n) is 6.20. The number of ether oxygens (including phenoxy) is 1. The zero-order chi connectivity index (χ0) is 38.0. The van der Waals surface area contributed by atoms with Gasteiger partial charge in [-0.3, -0.25) is 14.4 Å². The number of nitrogens with one attached hydrogen (secondary N) is 1. The lowest BCUT2D eigenvalue weighted by Gasteiger charge is -2.14. The minimum atomic E-state index is -1.02. The second kappa shape index (κ2) is 41.1. The SMILES string of the molecule is CCCCC/C=C\C/C=C\C(CCCCCCCCC(=O)NCC(=O)O)OC(=O)CCCCCCCCCCC/C=C\C/C=C\CCCCCCC. The predicted octanol–water partition coefficient (Wildman–Crippen LogP) is 13.5. The van der Waals surface area contributed by atoms with Gasteiger partial charge in [0, 0.05) is 12.8 Å². The van der Waals surface area contributed by atoms with E-state index in [9.17, 15) is 14.4 Å². The molecule has 0 aromatic rings. The Bertz CT molecular complexity index is 937. The third-order valence-corrected chi connectivity index (χ3v) is 9.46. The Labute approximate surface area is 320 Å². The topological polar surface area (TPSA) is 92.7 Å². The first-order valence-corrected chi connectivity index (χ1v) is 21.8. The van der Waals surface area contributed by atoms with Crippen LogP contribution in [0.3, 0.4) is 0 Å². The van der Waals surface area contributed by atoms with Crippen LogP contribution in [0.4, 0.5) is 0 Å². The van der Waals surface area contributed by atoms with Crippen LogP contribution < -0.4 is 5.32 Å². The third-order valence-electron chi connectivity index (χ3n) is 9.46. The summed E-state index contributed by atoms with van der Waals surface area (Å²) in [4.78, 5) is 34.9. The molecular weight excluding hydrogens is 647 g/mol. The Morgan fingerprint density at radius 2 is 0.942 bits per heavy atom. The molecule has 0 aromatic carbocycles. The number of rotatable bonds is 39. The lowest BCUT2D eigenvalue weighted by molar-refractivity contribution is -0.147. The number of allylic oxidation sites excluding steroid dienone is 7. The Morgan fingerprint density at radius 1 is 0.519 bits per heavy atom. The largest absolute Gasteiger partial charge is 0.480 e. The van der Waals surface area contributed by atoms with Crippen molar-refractivity contribution in [1.82, 2.24) is 5.32 Å². The first-order valence-electron chi connectivity index (χ1n) is 21.8. The molecule has 1 atom stereocenters. The van der Waals surface area contributed by atoms with Crippen molar-refractivity contribution in [3.8, 4) is 0 Å². The number of carboxylic acid groups (broad SMARTS) is 1.